The third kappa shape index (κ3) is 4.31. The fourth-order valence-electron chi connectivity index (χ4n) is 1.94. The number of carbonyl (C=O) groups excluding carboxylic acids is 1. The van der Waals surface area contributed by atoms with Crippen LogP contribution < -0.4 is 11.1 Å². The minimum absolute atomic E-state index is 0.0788. The SMILES string of the molecule is Cc1ccc(F)c(C(=O)NC(CCN)C(C)(C)C)c1. The lowest BCUT2D eigenvalue weighted by Crippen LogP contribution is -2.45. The van der Waals surface area contributed by atoms with E-state index in [4.69, 9.17) is 5.73 Å². The van der Waals surface area contributed by atoms with Gasteiger partial charge in [-0.25, -0.2) is 4.39 Å². The number of hydrogen-bond donors (Lipinski definition) is 2. The molecule has 19 heavy (non-hydrogen) atoms. The fraction of sp³-hybridized carbons (Fsp3) is 0.533. The van der Waals surface area contributed by atoms with Gasteiger partial charge >= 0.3 is 0 Å². The highest BCUT2D eigenvalue weighted by Crippen LogP contribution is 2.22. The molecule has 3 N–H and O–H groups in total. The molecular weight excluding hydrogens is 243 g/mol. The van der Waals surface area contributed by atoms with Crippen molar-refractivity contribution < 1.29 is 9.18 Å². The van der Waals surface area contributed by atoms with Crippen molar-refractivity contribution in [2.24, 2.45) is 11.1 Å². The molecule has 0 aliphatic heterocycles. The van der Waals surface area contributed by atoms with Crippen LogP contribution in [0.25, 0.3) is 0 Å². The van der Waals surface area contributed by atoms with Gasteiger partial charge in [0.1, 0.15) is 5.82 Å². The molecule has 0 bridgehead atoms. The van der Waals surface area contributed by atoms with Gasteiger partial charge in [0.15, 0.2) is 0 Å². The Morgan fingerprint density at radius 2 is 2.05 bits per heavy atom. The quantitative estimate of drug-likeness (QED) is 0.880. The van der Waals surface area contributed by atoms with Crippen molar-refractivity contribution in [2.45, 2.75) is 40.2 Å². The number of rotatable bonds is 4. The fourth-order valence-corrected chi connectivity index (χ4v) is 1.94. The van der Waals surface area contributed by atoms with Gasteiger partial charge in [0, 0.05) is 6.04 Å². The third-order valence-corrected chi connectivity index (χ3v) is 3.17. The zero-order chi connectivity index (χ0) is 14.6. The summed E-state index contributed by atoms with van der Waals surface area (Å²) in [6, 6.07) is 4.45. The van der Waals surface area contributed by atoms with E-state index in [9.17, 15) is 9.18 Å². The minimum Gasteiger partial charge on any atom is -0.349 e. The number of nitrogens with two attached hydrogens (primary N) is 1. The molecule has 0 heterocycles. The van der Waals surface area contributed by atoms with Crippen LogP contribution in [0.2, 0.25) is 0 Å². The van der Waals surface area contributed by atoms with E-state index in [2.05, 4.69) is 5.32 Å². The molecule has 0 aromatic heterocycles. The molecule has 1 aromatic carbocycles. The highest BCUT2D eigenvalue weighted by atomic mass is 19.1. The average Bonchev–Trinajstić information content (AvgIpc) is 2.30. The Balaban J connectivity index is 2.91. The summed E-state index contributed by atoms with van der Waals surface area (Å²) >= 11 is 0. The van der Waals surface area contributed by atoms with Crippen molar-refractivity contribution >= 4 is 5.91 Å². The zero-order valence-electron chi connectivity index (χ0n) is 12.1. The summed E-state index contributed by atoms with van der Waals surface area (Å²) in [5.74, 6) is -0.877. The Morgan fingerprint density at radius 1 is 1.42 bits per heavy atom. The van der Waals surface area contributed by atoms with Gasteiger partial charge < -0.3 is 11.1 Å². The van der Waals surface area contributed by atoms with Gasteiger partial charge in [-0.2, -0.15) is 0 Å². The number of halogens is 1. The summed E-state index contributed by atoms with van der Waals surface area (Å²) in [6.07, 6.45) is 0.669. The second-order valence-electron chi connectivity index (χ2n) is 5.95. The van der Waals surface area contributed by atoms with E-state index < -0.39 is 5.82 Å². The number of benzene rings is 1. The van der Waals surface area contributed by atoms with Gasteiger partial charge in [0.2, 0.25) is 0 Å². The number of aryl methyl sites for hydroxylation is 1. The topological polar surface area (TPSA) is 55.1 Å². The molecule has 3 nitrogen and oxygen atoms in total. The van der Waals surface area contributed by atoms with Gasteiger partial charge in [-0.15, -0.1) is 0 Å². The Kier molecular flexibility index (Phi) is 5.06. The summed E-state index contributed by atoms with van der Waals surface area (Å²) in [5.41, 5.74) is 6.40. The van der Waals surface area contributed by atoms with Crippen molar-refractivity contribution in [1.29, 1.82) is 0 Å². The molecule has 0 radical (unpaired) electrons. The lowest BCUT2D eigenvalue weighted by molar-refractivity contribution is 0.0894. The number of amides is 1. The lowest BCUT2D eigenvalue weighted by Gasteiger charge is -2.31. The largest absolute Gasteiger partial charge is 0.349 e. The summed E-state index contributed by atoms with van der Waals surface area (Å²) in [7, 11) is 0. The molecule has 0 spiro atoms. The van der Waals surface area contributed by atoms with E-state index in [1.54, 1.807) is 12.1 Å². The number of hydrogen-bond acceptors (Lipinski definition) is 2. The van der Waals surface area contributed by atoms with Gasteiger partial charge in [-0.05, 0) is 37.4 Å². The first-order valence-corrected chi connectivity index (χ1v) is 6.52. The Morgan fingerprint density at radius 3 is 2.58 bits per heavy atom. The molecule has 0 aliphatic carbocycles. The molecular formula is C15H23FN2O. The second-order valence-corrected chi connectivity index (χ2v) is 5.95. The van der Waals surface area contributed by atoms with Crippen molar-refractivity contribution in [3.63, 3.8) is 0 Å². The van der Waals surface area contributed by atoms with Crippen LogP contribution in [-0.2, 0) is 0 Å². The average molecular weight is 266 g/mol. The molecule has 106 valence electrons. The predicted molar refractivity (Wildman–Crippen MR) is 75.5 cm³/mol. The highest BCUT2D eigenvalue weighted by molar-refractivity contribution is 5.94. The Bertz CT molecular complexity index is 452. The standard InChI is InChI=1S/C15H23FN2O/c1-10-5-6-12(16)11(9-10)14(19)18-13(7-8-17)15(2,3)4/h5-6,9,13H,7-8,17H2,1-4H3,(H,18,19). The van der Waals surface area contributed by atoms with Gasteiger partial charge in [0.05, 0.1) is 5.56 Å². The third-order valence-electron chi connectivity index (χ3n) is 3.17. The van der Waals surface area contributed by atoms with E-state index in [1.165, 1.54) is 6.07 Å². The maximum absolute atomic E-state index is 13.7. The number of nitrogens with one attached hydrogen (secondary N) is 1. The van der Waals surface area contributed by atoms with E-state index in [0.717, 1.165) is 5.56 Å². The van der Waals surface area contributed by atoms with Crippen molar-refractivity contribution in [2.75, 3.05) is 6.54 Å². The summed E-state index contributed by atoms with van der Waals surface area (Å²) in [5, 5.41) is 2.88. The van der Waals surface area contributed by atoms with Crippen LogP contribution in [0.4, 0.5) is 4.39 Å². The van der Waals surface area contributed by atoms with E-state index in [0.29, 0.717) is 13.0 Å². The van der Waals surface area contributed by atoms with Gasteiger partial charge in [-0.3, -0.25) is 4.79 Å². The summed E-state index contributed by atoms with van der Waals surface area (Å²) < 4.78 is 13.7. The molecule has 1 aromatic rings. The molecule has 0 saturated heterocycles. The molecule has 1 rings (SSSR count). The molecule has 1 unspecified atom stereocenters. The normalized spacial score (nSPS) is 13.2. The first-order valence-electron chi connectivity index (χ1n) is 6.52. The van der Waals surface area contributed by atoms with Crippen LogP contribution >= 0.6 is 0 Å². The van der Waals surface area contributed by atoms with Crippen molar-refractivity contribution in [1.82, 2.24) is 5.32 Å². The second kappa shape index (κ2) is 6.15. The Hall–Kier alpha value is -1.42. The van der Waals surface area contributed by atoms with Crippen LogP contribution in [0.15, 0.2) is 18.2 Å². The molecule has 1 amide bonds. The molecule has 1 atom stereocenters. The van der Waals surface area contributed by atoms with Crippen LogP contribution in [0, 0.1) is 18.2 Å². The molecule has 4 heteroatoms. The minimum atomic E-state index is -0.497. The van der Waals surface area contributed by atoms with E-state index in [-0.39, 0.29) is 22.9 Å². The number of carbonyl (C=O) groups is 1. The van der Waals surface area contributed by atoms with Crippen molar-refractivity contribution in [3.05, 3.63) is 35.1 Å². The van der Waals surface area contributed by atoms with E-state index >= 15 is 0 Å². The molecule has 0 aliphatic rings. The van der Waals surface area contributed by atoms with Gasteiger partial charge in [0.25, 0.3) is 5.91 Å². The highest BCUT2D eigenvalue weighted by Gasteiger charge is 2.26. The summed E-state index contributed by atoms with van der Waals surface area (Å²) in [4.78, 5) is 12.2. The first-order chi connectivity index (χ1) is 8.75. The maximum Gasteiger partial charge on any atom is 0.254 e. The maximum atomic E-state index is 13.7. The van der Waals surface area contributed by atoms with Gasteiger partial charge in [-0.1, -0.05) is 32.4 Å². The molecule has 0 saturated carbocycles. The summed E-state index contributed by atoms with van der Waals surface area (Å²) in [6.45, 7) is 8.40. The van der Waals surface area contributed by atoms with Crippen LogP contribution in [0.1, 0.15) is 43.1 Å². The van der Waals surface area contributed by atoms with Crippen LogP contribution in [-0.4, -0.2) is 18.5 Å². The molecule has 0 fully saturated rings. The van der Waals surface area contributed by atoms with Crippen LogP contribution in [0.3, 0.4) is 0 Å². The lowest BCUT2D eigenvalue weighted by atomic mass is 9.84. The van der Waals surface area contributed by atoms with Crippen LogP contribution in [0.5, 0.6) is 0 Å². The Labute approximate surface area is 114 Å². The monoisotopic (exact) mass is 266 g/mol. The van der Waals surface area contributed by atoms with Crippen molar-refractivity contribution in [3.8, 4) is 0 Å². The predicted octanol–water partition coefficient (Wildman–Crippen LogP) is 2.63. The first kappa shape index (κ1) is 15.6. The zero-order valence-corrected chi connectivity index (χ0v) is 12.1. The van der Waals surface area contributed by atoms with E-state index in [1.807, 2.05) is 27.7 Å². The smallest absolute Gasteiger partial charge is 0.254 e.